The SMILES string of the molecule is Cc1cc(NC(=O)[C@H](Cc2c[nH]c3ccccc23)NC(=O)c2ccccc2F)no1. The van der Waals surface area contributed by atoms with E-state index in [-0.39, 0.29) is 17.8 Å². The number of H-pyrrole nitrogens is 1. The van der Waals surface area contributed by atoms with Crippen molar-refractivity contribution in [2.24, 2.45) is 0 Å². The van der Waals surface area contributed by atoms with E-state index < -0.39 is 23.7 Å². The van der Waals surface area contributed by atoms with Gasteiger partial charge in [0.1, 0.15) is 17.6 Å². The molecule has 2 aromatic carbocycles. The standard InChI is InChI=1S/C22H19FN4O3/c1-13-10-20(27-30-13)26-22(29)19(25-21(28)16-7-2-4-8-17(16)23)11-14-12-24-18-9-5-3-6-15(14)18/h2-10,12,19,24H,11H2,1H3,(H,25,28)(H,26,27,29)/t19-/m0/s1. The number of hydrogen-bond donors (Lipinski definition) is 3. The topological polar surface area (TPSA) is 100 Å². The van der Waals surface area contributed by atoms with Crippen LogP contribution in [-0.2, 0) is 11.2 Å². The lowest BCUT2D eigenvalue weighted by molar-refractivity contribution is -0.118. The number of benzene rings is 2. The molecule has 0 spiro atoms. The Kier molecular flexibility index (Phi) is 5.30. The zero-order valence-electron chi connectivity index (χ0n) is 16.1. The van der Waals surface area contributed by atoms with Crippen molar-refractivity contribution in [1.82, 2.24) is 15.5 Å². The summed E-state index contributed by atoms with van der Waals surface area (Å²) in [5.41, 5.74) is 1.63. The summed E-state index contributed by atoms with van der Waals surface area (Å²) in [6, 6.07) is 13.9. The van der Waals surface area contributed by atoms with Crippen LogP contribution in [0.5, 0.6) is 0 Å². The van der Waals surface area contributed by atoms with Crippen molar-refractivity contribution in [3.8, 4) is 0 Å². The molecule has 1 atom stereocenters. The van der Waals surface area contributed by atoms with E-state index in [1.54, 1.807) is 25.3 Å². The highest BCUT2D eigenvalue weighted by Gasteiger charge is 2.25. The van der Waals surface area contributed by atoms with Gasteiger partial charge >= 0.3 is 0 Å². The van der Waals surface area contributed by atoms with E-state index in [1.807, 2.05) is 24.3 Å². The average Bonchev–Trinajstić information content (AvgIpc) is 3.33. The molecule has 152 valence electrons. The van der Waals surface area contributed by atoms with E-state index in [2.05, 4.69) is 20.8 Å². The molecule has 2 amide bonds. The van der Waals surface area contributed by atoms with Crippen LogP contribution in [0.15, 0.2) is 65.3 Å². The number of halogens is 1. The monoisotopic (exact) mass is 406 g/mol. The minimum Gasteiger partial charge on any atom is -0.361 e. The van der Waals surface area contributed by atoms with E-state index in [4.69, 9.17) is 4.52 Å². The summed E-state index contributed by atoms with van der Waals surface area (Å²) in [5.74, 6) is -1.05. The molecule has 30 heavy (non-hydrogen) atoms. The highest BCUT2D eigenvalue weighted by Crippen LogP contribution is 2.20. The number of carbonyl (C=O) groups is 2. The predicted molar refractivity (Wildman–Crippen MR) is 110 cm³/mol. The van der Waals surface area contributed by atoms with Gasteiger partial charge in [-0.25, -0.2) is 4.39 Å². The molecule has 2 heterocycles. The number of carbonyl (C=O) groups excluding carboxylic acids is 2. The number of aromatic nitrogens is 2. The van der Waals surface area contributed by atoms with Crippen LogP contribution in [-0.4, -0.2) is 28.0 Å². The van der Waals surface area contributed by atoms with Crippen LogP contribution in [0.4, 0.5) is 10.2 Å². The van der Waals surface area contributed by atoms with Gasteiger partial charge in [-0.05, 0) is 30.7 Å². The smallest absolute Gasteiger partial charge is 0.254 e. The lowest BCUT2D eigenvalue weighted by Crippen LogP contribution is -2.45. The van der Waals surface area contributed by atoms with E-state index in [0.29, 0.717) is 5.76 Å². The maximum absolute atomic E-state index is 14.0. The summed E-state index contributed by atoms with van der Waals surface area (Å²) < 4.78 is 19.0. The molecule has 0 bridgehead atoms. The average molecular weight is 406 g/mol. The summed E-state index contributed by atoms with van der Waals surface area (Å²) in [5, 5.41) is 9.96. The lowest BCUT2D eigenvalue weighted by atomic mass is 10.0. The Balaban J connectivity index is 1.60. The Bertz CT molecular complexity index is 1210. The number of hydrogen-bond acceptors (Lipinski definition) is 4. The second-order valence-corrected chi connectivity index (χ2v) is 6.88. The number of para-hydroxylation sites is 1. The number of aryl methyl sites for hydroxylation is 1. The maximum Gasteiger partial charge on any atom is 0.254 e. The molecule has 4 rings (SSSR count). The van der Waals surface area contributed by atoms with Crippen LogP contribution in [0.3, 0.4) is 0 Å². The molecular formula is C22H19FN4O3. The highest BCUT2D eigenvalue weighted by molar-refractivity contribution is 6.01. The van der Waals surface area contributed by atoms with Gasteiger partial charge in [-0.2, -0.15) is 0 Å². The van der Waals surface area contributed by atoms with E-state index in [1.165, 1.54) is 18.2 Å². The second kappa shape index (κ2) is 8.20. The third-order valence-electron chi connectivity index (χ3n) is 4.72. The fourth-order valence-electron chi connectivity index (χ4n) is 3.25. The molecule has 0 radical (unpaired) electrons. The van der Waals surface area contributed by atoms with Crippen LogP contribution < -0.4 is 10.6 Å². The van der Waals surface area contributed by atoms with Gasteiger partial charge in [-0.3, -0.25) is 9.59 Å². The quantitative estimate of drug-likeness (QED) is 0.456. The fourth-order valence-corrected chi connectivity index (χ4v) is 3.25. The molecular weight excluding hydrogens is 387 g/mol. The summed E-state index contributed by atoms with van der Waals surface area (Å²) in [6.45, 7) is 1.70. The van der Waals surface area contributed by atoms with Gasteiger partial charge in [0, 0.05) is 29.6 Å². The molecule has 2 aromatic heterocycles. The van der Waals surface area contributed by atoms with Crippen molar-refractivity contribution in [1.29, 1.82) is 0 Å². The highest BCUT2D eigenvalue weighted by atomic mass is 19.1. The number of rotatable bonds is 6. The number of nitrogens with zero attached hydrogens (tertiary/aromatic N) is 1. The Labute approximate surface area is 171 Å². The zero-order chi connectivity index (χ0) is 21.1. The number of amides is 2. The van der Waals surface area contributed by atoms with Gasteiger partial charge in [0.15, 0.2) is 5.82 Å². The zero-order valence-corrected chi connectivity index (χ0v) is 16.1. The molecule has 0 aliphatic heterocycles. The van der Waals surface area contributed by atoms with Gasteiger partial charge in [-0.1, -0.05) is 35.5 Å². The Morgan fingerprint density at radius 2 is 1.93 bits per heavy atom. The van der Waals surface area contributed by atoms with E-state index in [0.717, 1.165) is 16.5 Å². The lowest BCUT2D eigenvalue weighted by Gasteiger charge is -2.18. The Morgan fingerprint density at radius 3 is 2.70 bits per heavy atom. The third-order valence-corrected chi connectivity index (χ3v) is 4.72. The first-order chi connectivity index (χ1) is 14.5. The van der Waals surface area contributed by atoms with Crippen LogP contribution >= 0.6 is 0 Å². The van der Waals surface area contributed by atoms with Gasteiger partial charge in [0.05, 0.1) is 5.56 Å². The predicted octanol–water partition coefficient (Wildman–Crippen LogP) is 3.58. The molecule has 7 nitrogen and oxygen atoms in total. The minimum atomic E-state index is -0.965. The number of aromatic amines is 1. The molecule has 3 N–H and O–H groups in total. The van der Waals surface area contributed by atoms with Crippen molar-refractivity contribution in [2.75, 3.05) is 5.32 Å². The first-order valence-electron chi connectivity index (χ1n) is 9.36. The molecule has 0 unspecified atom stereocenters. The number of nitrogens with one attached hydrogen (secondary N) is 3. The van der Waals surface area contributed by atoms with Crippen molar-refractivity contribution in [3.63, 3.8) is 0 Å². The van der Waals surface area contributed by atoms with Crippen molar-refractivity contribution < 1.29 is 18.5 Å². The molecule has 8 heteroatoms. The van der Waals surface area contributed by atoms with Crippen LogP contribution in [0.1, 0.15) is 21.7 Å². The number of fused-ring (bicyclic) bond motifs is 1. The van der Waals surface area contributed by atoms with Gasteiger partial charge in [-0.15, -0.1) is 0 Å². The van der Waals surface area contributed by atoms with Crippen molar-refractivity contribution >= 4 is 28.5 Å². The van der Waals surface area contributed by atoms with Crippen molar-refractivity contribution in [3.05, 3.63) is 83.5 Å². The number of anilines is 1. The van der Waals surface area contributed by atoms with E-state index in [9.17, 15) is 14.0 Å². The summed E-state index contributed by atoms with van der Waals surface area (Å²) in [4.78, 5) is 28.7. The minimum absolute atomic E-state index is 0.133. The van der Waals surface area contributed by atoms with Gasteiger partial charge in [0.25, 0.3) is 5.91 Å². The maximum atomic E-state index is 14.0. The largest absolute Gasteiger partial charge is 0.361 e. The van der Waals surface area contributed by atoms with Gasteiger partial charge < -0.3 is 20.1 Å². The van der Waals surface area contributed by atoms with Crippen molar-refractivity contribution in [2.45, 2.75) is 19.4 Å². The van der Waals surface area contributed by atoms with Gasteiger partial charge in [0.2, 0.25) is 5.91 Å². The second-order valence-electron chi connectivity index (χ2n) is 6.88. The van der Waals surface area contributed by atoms with Crippen LogP contribution in [0.25, 0.3) is 10.9 Å². The fraction of sp³-hybridized carbons (Fsp3) is 0.136. The molecule has 0 fully saturated rings. The third kappa shape index (κ3) is 4.07. The molecule has 0 aliphatic carbocycles. The van der Waals surface area contributed by atoms with E-state index >= 15 is 0 Å². The first-order valence-corrected chi connectivity index (χ1v) is 9.36. The molecule has 0 aliphatic rings. The van der Waals surface area contributed by atoms with Crippen LogP contribution in [0, 0.1) is 12.7 Å². The summed E-state index contributed by atoms with van der Waals surface area (Å²) in [7, 11) is 0. The molecule has 0 saturated heterocycles. The summed E-state index contributed by atoms with van der Waals surface area (Å²) >= 11 is 0. The van der Waals surface area contributed by atoms with Crippen LogP contribution in [0.2, 0.25) is 0 Å². The Morgan fingerprint density at radius 1 is 1.17 bits per heavy atom. The molecule has 0 saturated carbocycles. The molecule has 4 aromatic rings. The summed E-state index contributed by atoms with van der Waals surface area (Å²) in [6.07, 6.45) is 1.99. The Hall–Kier alpha value is -3.94. The normalized spacial score (nSPS) is 11.9. The first kappa shape index (κ1) is 19.4.